The Morgan fingerprint density at radius 2 is 1.88 bits per heavy atom. The zero-order valence-corrected chi connectivity index (χ0v) is 9.38. The van der Waals surface area contributed by atoms with Gasteiger partial charge in [0, 0.05) is 13.0 Å². The molecule has 0 saturated heterocycles. The molecule has 0 aromatic heterocycles. The van der Waals surface area contributed by atoms with Crippen LogP contribution in [0.1, 0.15) is 26.2 Å². The molecule has 0 bridgehead atoms. The van der Waals surface area contributed by atoms with Gasteiger partial charge in [-0.05, 0) is 19.3 Å². The molecule has 1 saturated carbocycles. The van der Waals surface area contributed by atoms with Crippen molar-refractivity contribution in [3.63, 3.8) is 0 Å². The van der Waals surface area contributed by atoms with Gasteiger partial charge < -0.3 is 5.73 Å². The molecule has 0 aromatic rings. The summed E-state index contributed by atoms with van der Waals surface area (Å²) in [5.74, 6) is -3.75. The highest BCUT2D eigenvalue weighted by Crippen LogP contribution is 2.39. The molecule has 7 heteroatoms. The molecule has 0 radical (unpaired) electrons. The number of hydrogen-bond donors (Lipinski definition) is 2. The van der Waals surface area contributed by atoms with Gasteiger partial charge in [-0.1, -0.05) is 0 Å². The van der Waals surface area contributed by atoms with Gasteiger partial charge in [0.25, 0.3) is 0 Å². The van der Waals surface area contributed by atoms with E-state index in [2.05, 4.69) is 0 Å². The van der Waals surface area contributed by atoms with Crippen molar-refractivity contribution >= 4 is 11.8 Å². The first-order valence-electron chi connectivity index (χ1n) is 5.35. The number of nitrogens with one attached hydrogen (secondary N) is 1. The molecule has 98 valence electrons. The number of carbonyl (C=O) groups is 2. The Kier molecular flexibility index (Phi) is 4.13. The predicted molar refractivity (Wildman–Crippen MR) is 53.7 cm³/mol. The minimum atomic E-state index is -4.31. The molecule has 1 aliphatic carbocycles. The summed E-state index contributed by atoms with van der Waals surface area (Å²) >= 11 is 0. The molecule has 0 aromatic carbocycles. The van der Waals surface area contributed by atoms with Crippen molar-refractivity contribution in [2.75, 3.05) is 0 Å². The summed E-state index contributed by atoms with van der Waals surface area (Å²) in [5.41, 5.74) is 5.62. The number of rotatable bonds is 1. The molecular weight excluding hydrogens is 237 g/mol. The second kappa shape index (κ2) is 5.03. The van der Waals surface area contributed by atoms with Crippen LogP contribution >= 0.6 is 0 Å². The lowest BCUT2D eigenvalue weighted by atomic mass is 9.77. The number of alkyl halides is 3. The van der Waals surface area contributed by atoms with E-state index in [1.54, 1.807) is 0 Å². The topological polar surface area (TPSA) is 72.2 Å². The second-order valence-electron chi connectivity index (χ2n) is 4.37. The summed E-state index contributed by atoms with van der Waals surface area (Å²) in [4.78, 5) is 22.2. The maximum Gasteiger partial charge on any atom is 0.391 e. The Hall–Kier alpha value is -1.11. The van der Waals surface area contributed by atoms with Crippen LogP contribution in [0.25, 0.3) is 0 Å². The van der Waals surface area contributed by atoms with Crippen LogP contribution in [0, 0.1) is 11.8 Å². The lowest BCUT2D eigenvalue weighted by Crippen LogP contribution is -2.48. The summed E-state index contributed by atoms with van der Waals surface area (Å²) in [6.07, 6.45) is -4.58. The normalized spacial score (nSPS) is 29.8. The van der Waals surface area contributed by atoms with E-state index in [0.29, 0.717) is 0 Å². The van der Waals surface area contributed by atoms with Gasteiger partial charge in [0.15, 0.2) is 0 Å². The third-order valence-electron chi connectivity index (χ3n) is 3.00. The van der Waals surface area contributed by atoms with E-state index in [4.69, 9.17) is 5.73 Å². The Morgan fingerprint density at radius 3 is 2.35 bits per heavy atom. The number of hydrogen-bond acceptors (Lipinski definition) is 3. The van der Waals surface area contributed by atoms with Crippen LogP contribution in [0.15, 0.2) is 0 Å². The van der Waals surface area contributed by atoms with Crippen molar-refractivity contribution in [3.8, 4) is 0 Å². The van der Waals surface area contributed by atoms with Crippen molar-refractivity contribution in [1.82, 2.24) is 5.32 Å². The SMILES string of the molecule is CC(=O)NC(=O)C1CC(C(F)(F)F)CCC1N. The number of carbonyl (C=O) groups excluding carboxylic acids is 2. The smallest absolute Gasteiger partial charge is 0.327 e. The molecule has 1 aliphatic rings. The maximum atomic E-state index is 12.5. The Bertz CT molecular complexity index is 317. The number of halogens is 3. The van der Waals surface area contributed by atoms with E-state index >= 15 is 0 Å². The monoisotopic (exact) mass is 252 g/mol. The fourth-order valence-electron chi connectivity index (χ4n) is 2.06. The van der Waals surface area contributed by atoms with Crippen LogP contribution in [0.3, 0.4) is 0 Å². The third-order valence-corrected chi connectivity index (χ3v) is 3.00. The highest BCUT2D eigenvalue weighted by Gasteiger charge is 2.46. The Labute approximate surface area is 96.7 Å². The second-order valence-corrected chi connectivity index (χ2v) is 4.37. The van der Waals surface area contributed by atoms with Crippen LogP contribution in [-0.2, 0) is 9.59 Å². The molecule has 4 nitrogen and oxygen atoms in total. The van der Waals surface area contributed by atoms with Gasteiger partial charge in [0.05, 0.1) is 11.8 Å². The van der Waals surface area contributed by atoms with E-state index < -0.39 is 35.9 Å². The molecule has 3 N–H and O–H groups in total. The van der Waals surface area contributed by atoms with Crippen molar-refractivity contribution < 1.29 is 22.8 Å². The van der Waals surface area contributed by atoms with E-state index in [-0.39, 0.29) is 19.3 Å². The Morgan fingerprint density at radius 1 is 1.29 bits per heavy atom. The molecule has 3 unspecified atom stereocenters. The van der Waals surface area contributed by atoms with Crippen LogP contribution in [0.5, 0.6) is 0 Å². The van der Waals surface area contributed by atoms with E-state index in [1.807, 2.05) is 5.32 Å². The van der Waals surface area contributed by atoms with Crippen LogP contribution in [0.2, 0.25) is 0 Å². The maximum absolute atomic E-state index is 12.5. The highest BCUT2D eigenvalue weighted by molar-refractivity contribution is 5.95. The predicted octanol–water partition coefficient (Wildman–Crippen LogP) is 0.955. The quantitative estimate of drug-likeness (QED) is 0.730. The van der Waals surface area contributed by atoms with Crippen LogP contribution in [0.4, 0.5) is 13.2 Å². The molecule has 0 heterocycles. The summed E-state index contributed by atoms with van der Waals surface area (Å²) in [6.45, 7) is 1.13. The van der Waals surface area contributed by atoms with Gasteiger partial charge in [-0.15, -0.1) is 0 Å². The van der Waals surface area contributed by atoms with Gasteiger partial charge in [-0.3, -0.25) is 14.9 Å². The number of nitrogens with two attached hydrogens (primary N) is 1. The largest absolute Gasteiger partial charge is 0.391 e. The Balaban J connectivity index is 2.70. The zero-order valence-electron chi connectivity index (χ0n) is 9.38. The lowest BCUT2D eigenvalue weighted by molar-refractivity contribution is -0.187. The lowest BCUT2D eigenvalue weighted by Gasteiger charge is -2.33. The van der Waals surface area contributed by atoms with Gasteiger partial charge in [0.2, 0.25) is 11.8 Å². The van der Waals surface area contributed by atoms with Crippen molar-refractivity contribution in [2.24, 2.45) is 17.6 Å². The highest BCUT2D eigenvalue weighted by atomic mass is 19.4. The first-order chi connectivity index (χ1) is 7.71. The van der Waals surface area contributed by atoms with E-state index in [9.17, 15) is 22.8 Å². The summed E-state index contributed by atoms with van der Waals surface area (Å²) in [5, 5.41) is 1.99. The van der Waals surface area contributed by atoms with Gasteiger partial charge in [-0.25, -0.2) is 0 Å². The van der Waals surface area contributed by atoms with Crippen molar-refractivity contribution in [3.05, 3.63) is 0 Å². The number of imide groups is 1. The first kappa shape index (κ1) is 14.0. The number of amides is 2. The minimum Gasteiger partial charge on any atom is -0.327 e. The fourth-order valence-corrected chi connectivity index (χ4v) is 2.06. The first-order valence-corrected chi connectivity index (χ1v) is 5.35. The third kappa shape index (κ3) is 3.69. The van der Waals surface area contributed by atoms with E-state index in [1.165, 1.54) is 0 Å². The summed E-state index contributed by atoms with van der Waals surface area (Å²) in [7, 11) is 0. The van der Waals surface area contributed by atoms with Crippen LogP contribution in [-0.4, -0.2) is 24.0 Å². The van der Waals surface area contributed by atoms with Crippen LogP contribution < -0.4 is 11.1 Å². The fraction of sp³-hybridized carbons (Fsp3) is 0.800. The van der Waals surface area contributed by atoms with E-state index in [0.717, 1.165) is 6.92 Å². The molecule has 0 spiro atoms. The molecular formula is C10H15F3N2O2. The van der Waals surface area contributed by atoms with Gasteiger partial charge >= 0.3 is 6.18 Å². The molecule has 3 atom stereocenters. The molecule has 0 aliphatic heterocycles. The molecule has 17 heavy (non-hydrogen) atoms. The molecule has 1 rings (SSSR count). The van der Waals surface area contributed by atoms with Crippen molar-refractivity contribution in [1.29, 1.82) is 0 Å². The van der Waals surface area contributed by atoms with Crippen molar-refractivity contribution in [2.45, 2.75) is 38.4 Å². The average molecular weight is 252 g/mol. The average Bonchev–Trinajstić information content (AvgIpc) is 2.15. The molecule has 2 amide bonds. The minimum absolute atomic E-state index is 0.0610. The standard InChI is InChI=1S/C10H15F3N2O2/c1-5(16)15-9(17)7-4-6(10(11,12)13)2-3-8(7)14/h6-8H,2-4,14H2,1H3,(H,15,16,17). The zero-order chi connectivity index (χ0) is 13.2. The van der Waals surface area contributed by atoms with Gasteiger partial charge in [-0.2, -0.15) is 13.2 Å². The summed E-state index contributed by atoms with van der Waals surface area (Å²) in [6, 6.07) is -0.618. The van der Waals surface area contributed by atoms with Gasteiger partial charge in [0.1, 0.15) is 0 Å². The summed E-state index contributed by atoms with van der Waals surface area (Å²) < 4.78 is 37.6. The molecule has 1 fully saturated rings.